The number of thioether (sulfide) groups is 1. The molecule has 0 bridgehead atoms. The largest absolute Gasteiger partial charge is 0.480 e. The summed E-state index contributed by atoms with van der Waals surface area (Å²) < 4.78 is 0. The zero-order valence-corrected chi connectivity index (χ0v) is 5.73. The van der Waals surface area contributed by atoms with Gasteiger partial charge in [-0.25, -0.2) is 5.32 Å². The van der Waals surface area contributed by atoms with Gasteiger partial charge in [0.15, 0.2) is 0 Å². The first-order valence-corrected chi connectivity index (χ1v) is 3.83. The van der Waals surface area contributed by atoms with Crippen LogP contribution in [0.25, 0.3) is 0 Å². The zero-order valence-electron chi connectivity index (χ0n) is 4.91. The molecule has 1 aliphatic heterocycles. The van der Waals surface area contributed by atoms with Gasteiger partial charge in [-0.15, -0.1) is 11.8 Å². The predicted molar refractivity (Wildman–Crippen MR) is 35.7 cm³/mol. The minimum Gasteiger partial charge on any atom is -0.480 e. The van der Waals surface area contributed by atoms with Crippen molar-refractivity contribution >= 4 is 17.7 Å². The fourth-order valence-electron chi connectivity index (χ4n) is 0.670. The normalized spacial score (nSPS) is 27.8. The first-order valence-electron chi connectivity index (χ1n) is 2.78. The molecule has 1 aliphatic rings. The summed E-state index contributed by atoms with van der Waals surface area (Å²) in [5, 5.41) is 12.2. The van der Waals surface area contributed by atoms with Crippen molar-refractivity contribution in [3.8, 4) is 0 Å². The Kier molecular flexibility index (Phi) is 2.36. The molecule has 0 saturated carbocycles. The standard InChI is InChI=1S/C5H8NO2S/c7-5(8)4-3-6-1-2-9-4/h4H,1-3H2,(H,7,8). The van der Waals surface area contributed by atoms with Gasteiger partial charge < -0.3 is 5.11 Å². The average molecular weight is 146 g/mol. The molecule has 1 heterocycles. The summed E-state index contributed by atoms with van der Waals surface area (Å²) in [6, 6.07) is 0. The van der Waals surface area contributed by atoms with Gasteiger partial charge in [0.1, 0.15) is 5.25 Å². The smallest absolute Gasteiger partial charge is 0.317 e. The Morgan fingerprint density at radius 3 is 2.89 bits per heavy atom. The molecule has 4 heteroatoms. The van der Waals surface area contributed by atoms with Crippen LogP contribution < -0.4 is 5.32 Å². The van der Waals surface area contributed by atoms with Gasteiger partial charge in [-0.2, -0.15) is 0 Å². The predicted octanol–water partition coefficient (Wildman–Crippen LogP) is -0.209. The highest BCUT2D eigenvalue weighted by Crippen LogP contribution is 2.13. The molecule has 0 aromatic heterocycles. The van der Waals surface area contributed by atoms with E-state index in [4.69, 9.17) is 5.11 Å². The molecule has 51 valence electrons. The molecule has 0 aromatic carbocycles. The lowest BCUT2D eigenvalue weighted by molar-refractivity contribution is -0.136. The second-order valence-electron chi connectivity index (χ2n) is 1.83. The third kappa shape index (κ3) is 1.87. The summed E-state index contributed by atoms with van der Waals surface area (Å²) in [5.41, 5.74) is 0. The Hall–Kier alpha value is -0.220. The second-order valence-corrected chi connectivity index (χ2v) is 3.14. The van der Waals surface area contributed by atoms with Crippen LogP contribution in [-0.4, -0.2) is 35.2 Å². The van der Waals surface area contributed by atoms with Crippen LogP contribution in [-0.2, 0) is 4.79 Å². The molecule has 1 atom stereocenters. The van der Waals surface area contributed by atoms with Gasteiger partial charge in [0, 0.05) is 18.8 Å². The summed E-state index contributed by atoms with van der Waals surface area (Å²) in [6.07, 6.45) is 0. The molecule has 1 unspecified atom stereocenters. The molecule has 0 spiro atoms. The van der Waals surface area contributed by atoms with Gasteiger partial charge in [-0.05, 0) is 0 Å². The quantitative estimate of drug-likeness (QED) is 0.557. The SMILES string of the molecule is O=C(O)C1C[N]CCS1. The van der Waals surface area contributed by atoms with E-state index in [9.17, 15) is 4.79 Å². The van der Waals surface area contributed by atoms with Crippen LogP contribution >= 0.6 is 11.8 Å². The molecule has 1 rings (SSSR count). The highest BCUT2D eigenvalue weighted by molar-refractivity contribution is 8.00. The van der Waals surface area contributed by atoms with Gasteiger partial charge >= 0.3 is 5.97 Å². The van der Waals surface area contributed by atoms with Gasteiger partial charge in [-0.1, -0.05) is 0 Å². The van der Waals surface area contributed by atoms with E-state index in [1.165, 1.54) is 11.8 Å². The van der Waals surface area contributed by atoms with Crippen molar-refractivity contribution in [3.63, 3.8) is 0 Å². The molecule has 1 radical (unpaired) electrons. The van der Waals surface area contributed by atoms with Crippen LogP contribution in [0.1, 0.15) is 0 Å². The number of aliphatic carboxylic acids is 1. The monoisotopic (exact) mass is 146 g/mol. The fourth-order valence-corrected chi connectivity index (χ4v) is 1.54. The molecule has 0 amide bonds. The average Bonchev–Trinajstić information content (AvgIpc) is 1.90. The van der Waals surface area contributed by atoms with Gasteiger partial charge in [-0.3, -0.25) is 4.79 Å². The first kappa shape index (κ1) is 6.89. The van der Waals surface area contributed by atoms with E-state index in [1.807, 2.05) is 0 Å². The number of hydrogen-bond acceptors (Lipinski definition) is 2. The van der Waals surface area contributed by atoms with E-state index < -0.39 is 5.97 Å². The third-order valence-electron chi connectivity index (χ3n) is 1.14. The van der Waals surface area contributed by atoms with E-state index in [1.54, 1.807) is 0 Å². The molecular weight excluding hydrogens is 138 g/mol. The molecule has 3 nitrogen and oxygen atoms in total. The van der Waals surface area contributed by atoms with Crippen LogP contribution in [0.2, 0.25) is 0 Å². The lowest BCUT2D eigenvalue weighted by Crippen LogP contribution is -2.33. The summed E-state index contributed by atoms with van der Waals surface area (Å²) in [6.45, 7) is 1.30. The number of carbonyl (C=O) groups is 1. The highest BCUT2D eigenvalue weighted by Gasteiger charge is 2.20. The van der Waals surface area contributed by atoms with Crippen LogP contribution in [0.15, 0.2) is 0 Å². The number of rotatable bonds is 1. The van der Waals surface area contributed by atoms with E-state index in [0.717, 1.165) is 12.3 Å². The molecule has 1 N–H and O–H groups in total. The Morgan fingerprint density at radius 2 is 2.56 bits per heavy atom. The van der Waals surface area contributed by atoms with Crippen LogP contribution in [0.5, 0.6) is 0 Å². The zero-order chi connectivity index (χ0) is 6.69. The van der Waals surface area contributed by atoms with Crippen LogP contribution in [0.3, 0.4) is 0 Å². The second kappa shape index (κ2) is 3.08. The van der Waals surface area contributed by atoms with Gasteiger partial charge in [0.25, 0.3) is 0 Å². The van der Waals surface area contributed by atoms with Crippen molar-refractivity contribution in [1.82, 2.24) is 5.32 Å². The maximum Gasteiger partial charge on any atom is 0.317 e. The molecule has 0 aromatic rings. The van der Waals surface area contributed by atoms with Crippen molar-refractivity contribution in [2.24, 2.45) is 0 Å². The van der Waals surface area contributed by atoms with E-state index in [2.05, 4.69) is 5.32 Å². The van der Waals surface area contributed by atoms with Gasteiger partial charge in [0.05, 0.1) is 0 Å². The number of carboxylic acid groups (broad SMARTS) is 1. The van der Waals surface area contributed by atoms with Gasteiger partial charge in [0.2, 0.25) is 0 Å². The summed E-state index contributed by atoms with van der Waals surface area (Å²) >= 11 is 1.48. The number of hydrogen-bond donors (Lipinski definition) is 1. The van der Waals surface area contributed by atoms with Crippen molar-refractivity contribution in [3.05, 3.63) is 0 Å². The number of carboxylic acids is 1. The van der Waals surface area contributed by atoms with Crippen molar-refractivity contribution < 1.29 is 9.90 Å². The molecular formula is C5H8NO2S. The molecule has 9 heavy (non-hydrogen) atoms. The Labute approximate surface area is 57.8 Å². The molecule has 0 aliphatic carbocycles. The Balaban J connectivity index is 2.31. The van der Waals surface area contributed by atoms with Crippen molar-refractivity contribution in [2.45, 2.75) is 5.25 Å². The first-order chi connectivity index (χ1) is 4.30. The highest BCUT2D eigenvalue weighted by atomic mass is 32.2. The Morgan fingerprint density at radius 1 is 1.78 bits per heavy atom. The third-order valence-corrected chi connectivity index (χ3v) is 2.31. The number of nitrogens with zero attached hydrogens (tertiary/aromatic N) is 1. The summed E-state index contributed by atoms with van der Waals surface area (Å²) in [5.74, 6) is 0.125. The van der Waals surface area contributed by atoms with Crippen molar-refractivity contribution in [1.29, 1.82) is 0 Å². The van der Waals surface area contributed by atoms with E-state index >= 15 is 0 Å². The minimum absolute atomic E-state index is 0.279. The Bertz CT molecular complexity index is 112. The van der Waals surface area contributed by atoms with Crippen LogP contribution in [0.4, 0.5) is 0 Å². The maximum absolute atomic E-state index is 10.3. The summed E-state index contributed by atoms with van der Waals surface area (Å²) in [4.78, 5) is 10.3. The molecule has 1 saturated heterocycles. The van der Waals surface area contributed by atoms with Crippen LogP contribution in [0, 0.1) is 0 Å². The summed E-state index contributed by atoms with van der Waals surface area (Å²) in [7, 11) is 0. The van der Waals surface area contributed by atoms with E-state index in [0.29, 0.717) is 6.54 Å². The fraction of sp³-hybridized carbons (Fsp3) is 0.800. The topological polar surface area (TPSA) is 51.4 Å². The van der Waals surface area contributed by atoms with Crippen molar-refractivity contribution in [2.75, 3.05) is 18.8 Å². The lowest BCUT2D eigenvalue weighted by atomic mass is 10.4. The van der Waals surface area contributed by atoms with E-state index in [-0.39, 0.29) is 5.25 Å². The molecule has 1 fully saturated rings. The minimum atomic E-state index is -0.733. The maximum atomic E-state index is 10.3. The lowest BCUT2D eigenvalue weighted by Gasteiger charge is -2.16.